The van der Waals surface area contributed by atoms with Crippen LogP contribution in [0.15, 0.2) is 29.1 Å². The van der Waals surface area contributed by atoms with Gasteiger partial charge in [0.2, 0.25) is 0 Å². The van der Waals surface area contributed by atoms with Gasteiger partial charge in [0, 0.05) is 18.0 Å². The summed E-state index contributed by atoms with van der Waals surface area (Å²) in [6.45, 7) is 4.82. The van der Waals surface area contributed by atoms with Gasteiger partial charge in [-0.15, -0.1) is 11.3 Å². The van der Waals surface area contributed by atoms with Gasteiger partial charge in [-0.3, -0.25) is 23.9 Å². The van der Waals surface area contributed by atoms with E-state index in [0.717, 1.165) is 29.5 Å². The van der Waals surface area contributed by atoms with E-state index in [2.05, 4.69) is 6.92 Å². The van der Waals surface area contributed by atoms with Crippen LogP contribution in [0.4, 0.5) is 0 Å². The number of carbonyl (C=O) groups is 2. The van der Waals surface area contributed by atoms with E-state index in [0.29, 0.717) is 35.8 Å². The van der Waals surface area contributed by atoms with Crippen LogP contribution < -0.4 is 5.56 Å². The molecule has 0 saturated heterocycles. The number of thiophene rings is 1. The van der Waals surface area contributed by atoms with Gasteiger partial charge in [0.15, 0.2) is 0 Å². The SMILES string of the molecule is Cc1nc2sc3c(c2c(=O)n1CCCN1C(=O)c2ccccc2C1=O)CCC(C)C3. The summed E-state index contributed by atoms with van der Waals surface area (Å²) in [5.74, 6) is 0.818. The number of benzene rings is 1. The predicted octanol–water partition coefficient (Wildman–Crippen LogP) is 3.58. The van der Waals surface area contributed by atoms with E-state index in [-0.39, 0.29) is 23.9 Å². The fourth-order valence-electron chi connectivity index (χ4n) is 4.62. The summed E-state index contributed by atoms with van der Waals surface area (Å²) in [6.07, 6.45) is 3.58. The third-order valence-corrected chi connectivity index (χ3v) is 7.40. The van der Waals surface area contributed by atoms with Gasteiger partial charge in [-0.2, -0.15) is 0 Å². The van der Waals surface area contributed by atoms with Crippen LogP contribution in [-0.2, 0) is 19.4 Å². The highest BCUT2D eigenvalue weighted by atomic mass is 32.1. The number of hydrogen-bond acceptors (Lipinski definition) is 5. The lowest BCUT2D eigenvalue weighted by Crippen LogP contribution is -2.32. The zero-order chi connectivity index (χ0) is 21.0. The van der Waals surface area contributed by atoms with Crippen molar-refractivity contribution < 1.29 is 9.59 Å². The summed E-state index contributed by atoms with van der Waals surface area (Å²) >= 11 is 1.66. The third kappa shape index (κ3) is 2.91. The van der Waals surface area contributed by atoms with Crippen molar-refractivity contribution in [1.82, 2.24) is 14.5 Å². The first-order valence-corrected chi connectivity index (χ1v) is 11.2. The number of nitrogens with zero attached hydrogens (tertiary/aromatic N) is 3. The van der Waals surface area contributed by atoms with Crippen molar-refractivity contribution in [2.45, 2.75) is 46.1 Å². The van der Waals surface area contributed by atoms with Gasteiger partial charge in [0.1, 0.15) is 10.7 Å². The Kier molecular flexibility index (Phi) is 4.58. The van der Waals surface area contributed by atoms with Crippen LogP contribution >= 0.6 is 11.3 Å². The molecule has 2 aromatic heterocycles. The fraction of sp³-hybridized carbons (Fsp3) is 0.391. The number of rotatable bonds is 4. The Morgan fingerprint density at radius 1 is 1.10 bits per heavy atom. The largest absolute Gasteiger partial charge is 0.296 e. The summed E-state index contributed by atoms with van der Waals surface area (Å²) < 4.78 is 1.70. The maximum atomic E-state index is 13.3. The van der Waals surface area contributed by atoms with E-state index in [1.54, 1.807) is 40.2 Å². The first-order chi connectivity index (χ1) is 14.5. The maximum absolute atomic E-state index is 13.3. The average molecular weight is 422 g/mol. The van der Waals surface area contributed by atoms with E-state index in [1.807, 2.05) is 6.92 Å². The number of amides is 2. The highest BCUT2D eigenvalue weighted by Gasteiger charge is 2.34. The molecule has 30 heavy (non-hydrogen) atoms. The highest BCUT2D eigenvalue weighted by molar-refractivity contribution is 7.18. The van der Waals surface area contributed by atoms with Crippen molar-refractivity contribution in [1.29, 1.82) is 0 Å². The van der Waals surface area contributed by atoms with Crippen molar-refractivity contribution in [3.8, 4) is 0 Å². The Balaban J connectivity index is 1.38. The van der Waals surface area contributed by atoms with E-state index in [4.69, 9.17) is 4.98 Å². The Morgan fingerprint density at radius 2 is 1.80 bits per heavy atom. The molecular weight excluding hydrogens is 398 g/mol. The minimum absolute atomic E-state index is 0.00640. The minimum Gasteiger partial charge on any atom is -0.296 e. The summed E-state index contributed by atoms with van der Waals surface area (Å²) in [4.78, 5) is 46.5. The molecule has 0 radical (unpaired) electrons. The molecule has 154 valence electrons. The van der Waals surface area contributed by atoms with Gasteiger partial charge in [0.25, 0.3) is 17.4 Å². The molecule has 0 spiro atoms. The van der Waals surface area contributed by atoms with Crippen LogP contribution in [0, 0.1) is 12.8 Å². The first-order valence-electron chi connectivity index (χ1n) is 10.4. The molecular formula is C23H23N3O3S. The standard InChI is InChI=1S/C23H23N3O3S/c1-13-8-9-17-18(12-13)30-20-19(17)23(29)25(14(2)24-20)10-5-11-26-21(27)15-6-3-4-7-16(15)22(26)28/h3-4,6-7,13H,5,8-12H2,1-2H3. The second-order valence-electron chi connectivity index (χ2n) is 8.31. The summed E-state index contributed by atoms with van der Waals surface area (Å²) in [6, 6.07) is 6.89. The van der Waals surface area contributed by atoms with Gasteiger partial charge in [-0.25, -0.2) is 4.98 Å². The van der Waals surface area contributed by atoms with Crippen molar-refractivity contribution >= 4 is 33.4 Å². The van der Waals surface area contributed by atoms with E-state index < -0.39 is 0 Å². The number of fused-ring (bicyclic) bond motifs is 4. The van der Waals surface area contributed by atoms with Crippen molar-refractivity contribution in [3.05, 3.63) is 62.0 Å². The third-order valence-electron chi connectivity index (χ3n) is 6.25. The van der Waals surface area contributed by atoms with Crippen LogP contribution in [0.5, 0.6) is 0 Å². The molecule has 1 aliphatic heterocycles. The molecule has 1 aromatic carbocycles. The van der Waals surface area contributed by atoms with Crippen LogP contribution in [0.2, 0.25) is 0 Å². The number of imide groups is 1. The molecule has 0 N–H and O–H groups in total. The smallest absolute Gasteiger partial charge is 0.262 e. The zero-order valence-electron chi connectivity index (χ0n) is 17.1. The number of aromatic nitrogens is 2. The molecule has 2 aliphatic rings. The van der Waals surface area contributed by atoms with Crippen LogP contribution in [0.3, 0.4) is 0 Å². The van der Waals surface area contributed by atoms with Gasteiger partial charge < -0.3 is 0 Å². The van der Waals surface area contributed by atoms with Crippen molar-refractivity contribution in [2.24, 2.45) is 5.92 Å². The molecule has 7 heteroatoms. The van der Waals surface area contributed by atoms with E-state index >= 15 is 0 Å². The zero-order valence-corrected chi connectivity index (χ0v) is 17.9. The Bertz CT molecular complexity index is 1220. The molecule has 2 amide bonds. The number of carbonyl (C=O) groups excluding carboxylic acids is 2. The number of aryl methyl sites for hydroxylation is 2. The second-order valence-corrected chi connectivity index (χ2v) is 9.39. The lowest BCUT2D eigenvalue weighted by atomic mass is 9.89. The normalized spacial score (nSPS) is 18.2. The number of hydrogen-bond donors (Lipinski definition) is 0. The molecule has 5 rings (SSSR count). The van der Waals surface area contributed by atoms with Crippen molar-refractivity contribution in [3.63, 3.8) is 0 Å². The molecule has 0 saturated carbocycles. The molecule has 3 aromatic rings. The van der Waals surface area contributed by atoms with Gasteiger partial charge in [-0.05, 0) is 56.2 Å². The van der Waals surface area contributed by atoms with Gasteiger partial charge in [0.05, 0.1) is 16.5 Å². The molecule has 0 fully saturated rings. The van der Waals surface area contributed by atoms with E-state index in [1.165, 1.54) is 15.3 Å². The van der Waals surface area contributed by atoms with Gasteiger partial charge in [-0.1, -0.05) is 19.1 Å². The Morgan fingerprint density at radius 3 is 2.50 bits per heavy atom. The highest BCUT2D eigenvalue weighted by Crippen LogP contribution is 2.35. The topological polar surface area (TPSA) is 72.3 Å². The lowest BCUT2D eigenvalue weighted by molar-refractivity contribution is 0.0650. The summed E-state index contributed by atoms with van der Waals surface area (Å²) in [5, 5.41) is 0.772. The van der Waals surface area contributed by atoms with Gasteiger partial charge >= 0.3 is 0 Å². The Hall–Kier alpha value is -2.80. The lowest BCUT2D eigenvalue weighted by Gasteiger charge is -2.18. The molecule has 1 unspecified atom stereocenters. The predicted molar refractivity (Wildman–Crippen MR) is 116 cm³/mol. The summed E-state index contributed by atoms with van der Waals surface area (Å²) in [5.41, 5.74) is 2.10. The summed E-state index contributed by atoms with van der Waals surface area (Å²) in [7, 11) is 0. The molecule has 0 bridgehead atoms. The van der Waals surface area contributed by atoms with E-state index in [9.17, 15) is 14.4 Å². The van der Waals surface area contributed by atoms with Crippen LogP contribution in [0.1, 0.15) is 56.7 Å². The van der Waals surface area contributed by atoms with Crippen molar-refractivity contribution in [2.75, 3.05) is 6.54 Å². The monoisotopic (exact) mass is 421 g/mol. The first kappa shape index (κ1) is 19.2. The molecule has 6 nitrogen and oxygen atoms in total. The maximum Gasteiger partial charge on any atom is 0.262 e. The molecule has 1 atom stereocenters. The molecule has 1 aliphatic carbocycles. The minimum atomic E-state index is -0.255. The quantitative estimate of drug-likeness (QED) is 0.604. The van der Waals surface area contributed by atoms with Crippen LogP contribution in [0.25, 0.3) is 10.2 Å². The Labute approximate surface area is 178 Å². The second kappa shape index (κ2) is 7.16. The average Bonchev–Trinajstić information content (AvgIpc) is 3.20. The molecule has 3 heterocycles. The fourth-order valence-corrected chi connectivity index (χ4v) is 6.04. The van der Waals surface area contributed by atoms with Crippen LogP contribution in [-0.4, -0.2) is 32.8 Å².